The van der Waals surface area contributed by atoms with Crippen LogP contribution in [0.25, 0.3) is 0 Å². The number of hydrogen-bond acceptors (Lipinski definition) is 2. The second-order valence-corrected chi connectivity index (χ2v) is 4.93. The minimum atomic E-state index is -2.80. The van der Waals surface area contributed by atoms with E-state index in [1.165, 1.54) is 17.7 Å². The number of nitrogens with two attached hydrogens (primary N) is 1. The van der Waals surface area contributed by atoms with Gasteiger partial charge in [0.2, 0.25) is 0 Å². The van der Waals surface area contributed by atoms with Crippen molar-refractivity contribution in [2.45, 2.75) is 31.9 Å². The lowest BCUT2D eigenvalue weighted by molar-refractivity contribution is -0.0498. The maximum Gasteiger partial charge on any atom is 0.387 e. The highest BCUT2D eigenvalue weighted by atomic mass is 19.3. The first-order valence-corrected chi connectivity index (χ1v) is 6.99. The summed E-state index contributed by atoms with van der Waals surface area (Å²) in [6.07, 6.45) is 2.82. The molecule has 0 aliphatic rings. The molecule has 2 rings (SSSR count). The molecule has 0 aliphatic heterocycles. The van der Waals surface area contributed by atoms with Crippen LogP contribution in [0.4, 0.5) is 8.78 Å². The molecule has 0 saturated heterocycles. The third-order valence-corrected chi connectivity index (χ3v) is 3.36. The number of benzene rings is 2. The van der Waals surface area contributed by atoms with E-state index in [1.54, 1.807) is 12.1 Å². The first kappa shape index (κ1) is 15.4. The molecule has 0 radical (unpaired) electrons. The van der Waals surface area contributed by atoms with Crippen LogP contribution in [0.15, 0.2) is 54.6 Å². The minimum Gasteiger partial charge on any atom is -0.435 e. The first-order chi connectivity index (χ1) is 10.1. The number of rotatable bonds is 7. The molecule has 21 heavy (non-hydrogen) atoms. The molecule has 2 N–H and O–H groups in total. The standard InChI is InChI=1S/C17H19F2NO/c18-17(19)21-15-11-9-14(10-12-15)16(20)8-4-7-13-5-2-1-3-6-13/h1-3,5-6,9-12,16-17H,4,7-8,20H2. The lowest BCUT2D eigenvalue weighted by Gasteiger charge is -2.13. The summed E-state index contributed by atoms with van der Waals surface area (Å²) in [7, 11) is 0. The maximum absolute atomic E-state index is 12.1. The van der Waals surface area contributed by atoms with Crippen molar-refractivity contribution in [2.24, 2.45) is 5.73 Å². The number of halogens is 2. The fourth-order valence-corrected chi connectivity index (χ4v) is 2.23. The second-order valence-electron chi connectivity index (χ2n) is 4.93. The maximum atomic E-state index is 12.1. The molecule has 0 amide bonds. The topological polar surface area (TPSA) is 35.2 Å². The summed E-state index contributed by atoms with van der Waals surface area (Å²) in [6.45, 7) is -2.80. The van der Waals surface area contributed by atoms with Gasteiger partial charge in [0.1, 0.15) is 5.75 Å². The number of alkyl halides is 2. The summed E-state index contributed by atoms with van der Waals surface area (Å²) in [5.74, 6) is 0.158. The quantitative estimate of drug-likeness (QED) is 0.825. The third kappa shape index (κ3) is 5.16. The van der Waals surface area contributed by atoms with Crippen molar-refractivity contribution >= 4 is 0 Å². The zero-order chi connectivity index (χ0) is 15.1. The Morgan fingerprint density at radius 3 is 2.24 bits per heavy atom. The third-order valence-electron chi connectivity index (χ3n) is 3.36. The van der Waals surface area contributed by atoms with E-state index in [9.17, 15) is 8.78 Å². The van der Waals surface area contributed by atoms with Gasteiger partial charge in [0.25, 0.3) is 0 Å². The van der Waals surface area contributed by atoms with Gasteiger partial charge in [0, 0.05) is 6.04 Å². The van der Waals surface area contributed by atoms with Crippen molar-refractivity contribution in [1.29, 1.82) is 0 Å². The molecule has 1 atom stereocenters. The zero-order valence-corrected chi connectivity index (χ0v) is 11.7. The van der Waals surface area contributed by atoms with Gasteiger partial charge in [-0.25, -0.2) is 0 Å². The molecule has 4 heteroatoms. The molecule has 1 unspecified atom stereocenters. The van der Waals surface area contributed by atoms with Crippen molar-refractivity contribution < 1.29 is 13.5 Å². The van der Waals surface area contributed by atoms with Gasteiger partial charge in [-0.15, -0.1) is 0 Å². The van der Waals surface area contributed by atoms with Crippen LogP contribution in [0.5, 0.6) is 5.75 Å². The molecule has 2 aromatic rings. The Labute approximate surface area is 123 Å². The number of ether oxygens (including phenoxy) is 1. The number of hydrogen-bond donors (Lipinski definition) is 1. The second kappa shape index (κ2) is 7.74. The Hall–Kier alpha value is -1.94. The molecule has 0 heterocycles. The lowest BCUT2D eigenvalue weighted by atomic mass is 10.00. The predicted octanol–water partition coefficient (Wildman–Crippen LogP) is 4.31. The van der Waals surface area contributed by atoms with Crippen LogP contribution in [0.2, 0.25) is 0 Å². The van der Waals surface area contributed by atoms with Crippen molar-refractivity contribution in [3.63, 3.8) is 0 Å². The van der Waals surface area contributed by atoms with Crippen LogP contribution in [0, 0.1) is 0 Å². The summed E-state index contributed by atoms with van der Waals surface area (Å²) in [4.78, 5) is 0. The van der Waals surface area contributed by atoms with E-state index in [2.05, 4.69) is 16.9 Å². The van der Waals surface area contributed by atoms with E-state index in [0.29, 0.717) is 0 Å². The summed E-state index contributed by atoms with van der Waals surface area (Å²) in [5, 5.41) is 0. The van der Waals surface area contributed by atoms with Gasteiger partial charge in [0.15, 0.2) is 0 Å². The lowest BCUT2D eigenvalue weighted by Crippen LogP contribution is -2.10. The van der Waals surface area contributed by atoms with E-state index >= 15 is 0 Å². The molecule has 0 bridgehead atoms. The Morgan fingerprint density at radius 1 is 0.952 bits per heavy atom. The average Bonchev–Trinajstić information content (AvgIpc) is 2.48. The van der Waals surface area contributed by atoms with Crippen LogP contribution in [-0.4, -0.2) is 6.61 Å². The highest BCUT2D eigenvalue weighted by molar-refractivity contribution is 5.29. The molecule has 0 saturated carbocycles. The van der Waals surface area contributed by atoms with Gasteiger partial charge in [-0.2, -0.15) is 8.78 Å². The first-order valence-electron chi connectivity index (χ1n) is 6.99. The molecular weight excluding hydrogens is 272 g/mol. The van der Waals surface area contributed by atoms with Crippen LogP contribution in [0.3, 0.4) is 0 Å². The predicted molar refractivity (Wildman–Crippen MR) is 79.4 cm³/mol. The highest BCUT2D eigenvalue weighted by Crippen LogP contribution is 2.21. The van der Waals surface area contributed by atoms with Crippen LogP contribution < -0.4 is 10.5 Å². The van der Waals surface area contributed by atoms with Crippen molar-refractivity contribution in [3.05, 3.63) is 65.7 Å². The molecule has 0 fully saturated rings. The monoisotopic (exact) mass is 291 g/mol. The molecule has 112 valence electrons. The Kier molecular flexibility index (Phi) is 5.69. The van der Waals surface area contributed by atoms with Gasteiger partial charge in [-0.3, -0.25) is 0 Å². The molecule has 0 spiro atoms. The summed E-state index contributed by atoms with van der Waals surface area (Å²) < 4.78 is 28.4. The Bertz CT molecular complexity index is 528. The van der Waals surface area contributed by atoms with Gasteiger partial charge in [-0.1, -0.05) is 42.5 Å². The molecule has 0 aliphatic carbocycles. The van der Waals surface area contributed by atoms with E-state index in [1.807, 2.05) is 18.2 Å². The Balaban J connectivity index is 1.81. The zero-order valence-electron chi connectivity index (χ0n) is 11.7. The van der Waals surface area contributed by atoms with Crippen molar-refractivity contribution in [1.82, 2.24) is 0 Å². The smallest absolute Gasteiger partial charge is 0.387 e. The van der Waals surface area contributed by atoms with Crippen molar-refractivity contribution in [3.8, 4) is 5.75 Å². The summed E-state index contributed by atoms with van der Waals surface area (Å²) in [6, 6.07) is 16.7. The van der Waals surface area contributed by atoms with E-state index in [4.69, 9.17) is 5.73 Å². The molecular formula is C17H19F2NO. The molecule has 0 aromatic heterocycles. The molecule has 2 nitrogen and oxygen atoms in total. The van der Waals surface area contributed by atoms with E-state index in [-0.39, 0.29) is 11.8 Å². The van der Waals surface area contributed by atoms with E-state index < -0.39 is 6.61 Å². The van der Waals surface area contributed by atoms with Gasteiger partial charge in [0.05, 0.1) is 0 Å². The SMILES string of the molecule is NC(CCCc1ccccc1)c1ccc(OC(F)F)cc1. The average molecular weight is 291 g/mol. The summed E-state index contributed by atoms with van der Waals surface area (Å²) >= 11 is 0. The summed E-state index contributed by atoms with van der Waals surface area (Å²) in [5.41, 5.74) is 8.35. The number of aryl methyl sites for hydroxylation is 1. The largest absolute Gasteiger partial charge is 0.435 e. The van der Waals surface area contributed by atoms with Gasteiger partial charge in [-0.05, 0) is 42.5 Å². The fourth-order valence-electron chi connectivity index (χ4n) is 2.23. The van der Waals surface area contributed by atoms with E-state index in [0.717, 1.165) is 24.8 Å². The van der Waals surface area contributed by atoms with Crippen LogP contribution in [-0.2, 0) is 6.42 Å². The van der Waals surface area contributed by atoms with Gasteiger partial charge < -0.3 is 10.5 Å². The van der Waals surface area contributed by atoms with Crippen molar-refractivity contribution in [2.75, 3.05) is 0 Å². The minimum absolute atomic E-state index is 0.0886. The molecule has 2 aromatic carbocycles. The normalized spacial score (nSPS) is 12.4. The Morgan fingerprint density at radius 2 is 1.62 bits per heavy atom. The van der Waals surface area contributed by atoms with Gasteiger partial charge >= 0.3 is 6.61 Å². The van der Waals surface area contributed by atoms with Crippen LogP contribution in [0.1, 0.15) is 30.0 Å². The van der Waals surface area contributed by atoms with Crippen LogP contribution >= 0.6 is 0 Å². The fraction of sp³-hybridized carbons (Fsp3) is 0.294. The highest BCUT2D eigenvalue weighted by Gasteiger charge is 2.08.